The highest BCUT2D eigenvalue weighted by Gasteiger charge is 2.25. The van der Waals surface area contributed by atoms with Crippen molar-refractivity contribution < 1.29 is 4.79 Å². The maximum absolute atomic E-state index is 12.8. The molecule has 0 atom stereocenters. The number of anilines is 2. The first kappa shape index (κ1) is 13.6. The largest absolute Gasteiger partial charge is 0.323 e. The van der Waals surface area contributed by atoms with Crippen LogP contribution in [-0.4, -0.2) is 17.4 Å². The van der Waals surface area contributed by atoms with Crippen LogP contribution in [0.5, 0.6) is 0 Å². The molecule has 1 aliphatic heterocycles. The van der Waals surface area contributed by atoms with Crippen LogP contribution in [0.25, 0.3) is 0 Å². The molecule has 0 spiro atoms. The number of rotatable bonds is 2. The molecular formula is C16H18N4O. The SMILES string of the molecule is Cc1ccc2c(c1)CCCN2C(=O)c1cnccc1NN. The molecule has 21 heavy (non-hydrogen) atoms. The molecule has 5 nitrogen and oxygen atoms in total. The maximum atomic E-state index is 12.8. The van der Waals surface area contributed by atoms with Gasteiger partial charge in [-0.2, -0.15) is 0 Å². The van der Waals surface area contributed by atoms with Crippen LogP contribution in [0, 0.1) is 6.92 Å². The number of amides is 1. The second-order valence-corrected chi connectivity index (χ2v) is 5.26. The summed E-state index contributed by atoms with van der Waals surface area (Å²) in [6, 6.07) is 7.91. The zero-order valence-corrected chi connectivity index (χ0v) is 12.0. The van der Waals surface area contributed by atoms with Crippen molar-refractivity contribution in [3.8, 4) is 0 Å². The summed E-state index contributed by atoms with van der Waals surface area (Å²) in [6.07, 6.45) is 5.14. The average Bonchev–Trinajstić information content (AvgIpc) is 2.53. The number of hydrazine groups is 1. The number of carbonyl (C=O) groups is 1. The molecule has 1 aromatic heterocycles. The van der Waals surface area contributed by atoms with Crippen LogP contribution in [0.1, 0.15) is 27.9 Å². The van der Waals surface area contributed by atoms with Gasteiger partial charge in [-0.1, -0.05) is 17.7 Å². The molecule has 2 heterocycles. The minimum absolute atomic E-state index is 0.0687. The number of nitrogen functional groups attached to an aromatic ring is 1. The topological polar surface area (TPSA) is 71.2 Å². The number of hydrogen-bond acceptors (Lipinski definition) is 4. The number of pyridine rings is 1. The Morgan fingerprint density at radius 3 is 3.05 bits per heavy atom. The van der Waals surface area contributed by atoms with Gasteiger partial charge in [0.05, 0.1) is 11.3 Å². The Labute approximate surface area is 123 Å². The number of aromatic nitrogens is 1. The number of carbonyl (C=O) groups excluding carboxylic acids is 1. The van der Waals surface area contributed by atoms with Crippen molar-refractivity contribution in [2.75, 3.05) is 16.9 Å². The zero-order chi connectivity index (χ0) is 14.8. The molecule has 1 aromatic carbocycles. The molecule has 0 radical (unpaired) electrons. The molecule has 3 rings (SSSR count). The molecule has 0 bridgehead atoms. The summed E-state index contributed by atoms with van der Waals surface area (Å²) in [5.74, 6) is 5.42. The Kier molecular flexibility index (Phi) is 3.58. The van der Waals surface area contributed by atoms with Crippen molar-refractivity contribution in [2.24, 2.45) is 5.84 Å². The Bertz CT molecular complexity index is 684. The lowest BCUT2D eigenvalue weighted by molar-refractivity contribution is 0.0985. The molecule has 2 aromatic rings. The summed E-state index contributed by atoms with van der Waals surface area (Å²) in [5, 5.41) is 0. The van der Waals surface area contributed by atoms with Gasteiger partial charge in [0.15, 0.2) is 0 Å². The first-order valence-corrected chi connectivity index (χ1v) is 7.02. The fourth-order valence-electron chi connectivity index (χ4n) is 2.77. The van der Waals surface area contributed by atoms with Crippen LogP contribution in [0.2, 0.25) is 0 Å². The van der Waals surface area contributed by atoms with Gasteiger partial charge in [0.1, 0.15) is 0 Å². The summed E-state index contributed by atoms with van der Waals surface area (Å²) in [4.78, 5) is 18.7. The van der Waals surface area contributed by atoms with E-state index in [2.05, 4.69) is 23.4 Å². The van der Waals surface area contributed by atoms with E-state index in [4.69, 9.17) is 5.84 Å². The van der Waals surface area contributed by atoms with Crippen molar-refractivity contribution >= 4 is 17.3 Å². The van der Waals surface area contributed by atoms with Crippen LogP contribution >= 0.6 is 0 Å². The van der Waals surface area contributed by atoms with E-state index in [9.17, 15) is 4.79 Å². The number of fused-ring (bicyclic) bond motifs is 1. The van der Waals surface area contributed by atoms with Crippen molar-refractivity contribution in [3.05, 3.63) is 53.3 Å². The molecule has 108 valence electrons. The third-order valence-electron chi connectivity index (χ3n) is 3.81. The first-order chi connectivity index (χ1) is 10.2. The van der Waals surface area contributed by atoms with E-state index in [-0.39, 0.29) is 5.91 Å². The summed E-state index contributed by atoms with van der Waals surface area (Å²) in [5.41, 5.74) is 7.08. The number of nitrogens with zero attached hydrogens (tertiary/aromatic N) is 2. The fraction of sp³-hybridized carbons (Fsp3) is 0.250. The lowest BCUT2D eigenvalue weighted by atomic mass is 9.99. The van der Waals surface area contributed by atoms with Crippen molar-refractivity contribution in [1.29, 1.82) is 0 Å². The highest BCUT2D eigenvalue weighted by Crippen LogP contribution is 2.30. The summed E-state index contributed by atoms with van der Waals surface area (Å²) in [6.45, 7) is 2.78. The molecule has 3 N–H and O–H groups in total. The number of aryl methyl sites for hydroxylation is 2. The molecule has 1 aliphatic rings. The normalized spacial score (nSPS) is 13.7. The molecule has 0 fully saturated rings. The van der Waals surface area contributed by atoms with Crippen molar-refractivity contribution in [2.45, 2.75) is 19.8 Å². The third kappa shape index (κ3) is 2.48. The van der Waals surface area contributed by atoms with E-state index in [1.165, 1.54) is 11.1 Å². The molecule has 0 saturated heterocycles. The highest BCUT2D eigenvalue weighted by atomic mass is 16.2. The predicted molar refractivity (Wildman–Crippen MR) is 83.2 cm³/mol. The first-order valence-electron chi connectivity index (χ1n) is 7.02. The zero-order valence-electron chi connectivity index (χ0n) is 12.0. The lowest BCUT2D eigenvalue weighted by Gasteiger charge is -2.30. The van der Waals surface area contributed by atoms with Crippen LogP contribution < -0.4 is 16.2 Å². The van der Waals surface area contributed by atoms with Gasteiger partial charge in [-0.15, -0.1) is 0 Å². The van der Waals surface area contributed by atoms with E-state index >= 15 is 0 Å². The summed E-state index contributed by atoms with van der Waals surface area (Å²) >= 11 is 0. The Morgan fingerprint density at radius 2 is 2.24 bits per heavy atom. The summed E-state index contributed by atoms with van der Waals surface area (Å²) in [7, 11) is 0. The second kappa shape index (κ2) is 5.54. The van der Waals surface area contributed by atoms with Gasteiger partial charge in [0.25, 0.3) is 5.91 Å². The minimum Gasteiger partial charge on any atom is -0.323 e. The van der Waals surface area contributed by atoms with Gasteiger partial charge < -0.3 is 10.3 Å². The Morgan fingerprint density at radius 1 is 1.38 bits per heavy atom. The summed E-state index contributed by atoms with van der Waals surface area (Å²) < 4.78 is 0. The van der Waals surface area contributed by atoms with E-state index in [0.29, 0.717) is 17.8 Å². The van der Waals surface area contributed by atoms with Crippen LogP contribution in [0.3, 0.4) is 0 Å². The standard InChI is InChI=1S/C16H18N4O/c1-11-4-5-15-12(9-11)3-2-8-20(15)16(21)13-10-18-7-6-14(13)19-17/h4-7,9-10H,2-3,8,17H2,1H3,(H,18,19). The van der Waals surface area contributed by atoms with Gasteiger partial charge in [-0.3, -0.25) is 15.6 Å². The van der Waals surface area contributed by atoms with E-state index < -0.39 is 0 Å². The van der Waals surface area contributed by atoms with Gasteiger partial charge in [-0.25, -0.2) is 0 Å². The smallest absolute Gasteiger partial charge is 0.262 e. The molecule has 0 saturated carbocycles. The molecular weight excluding hydrogens is 264 g/mol. The van der Waals surface area contributed by atoms with Crippen molar-refractivity contribution in [3.63, 3.8) is 0 Å². The van der Waals surface area contributed by atoms with E-state index in [1.54, 1.807) is 18.5 Å². The van der Waals surface area contributed by atoms with Crippen LogP contribution in [0.15, 0.2) is 36.7 Å². The number of benzene rings is 1. The third-order valence-corrected chi connectivity index (χ3v) is 3.81. The monoisotopic (exact) mass is 282 g/mol. The number of hydrogen-bond donors (Lipinski definition) is 2. The predicted octanol–water partition coefficient (Wildman–Crippen LogP) is 2.27. The van der Waals surface area contributed by atoms with Crippen molar-refractivity contribution in [1.82, 2.24) is 4.98 Å². The van der Waals surface area contributed by atoms with Gasteiger partial charge in [-0.05, 0) is 37.5 Å². The molecule has 0 aliphatic carbocycles. The van der Waals surface area contributed by atoms with E-state index in [1.807, 2.05) is 17.0 Å². The molecule has 5 heteroatoms. The van der Waals surface area contributed by atoms with Gasteiger partial charge >= 0.3 is 0 Å². The Hall–Kier alpha value is -2.40. The lowest BCUT2D eigenvalue weighted by Crippen LogP contribution is -2.36. The molecule has 1 amide bonds. The Balaban J connectivity index is 2.00. The van der Waals surface area contributed by atoms with Crippen LogP contribution in [-0.2, 0) is 6.42 Å². The van der Waals surface area contributed by atoms with Crippen LogP contribution in [0.4, 0.5) is 11.4 Å². The number of nitrogens with two attached hydrogens (primary N) is 1. The second-order valence-electron chi connectivity index (χ2n) is 5.26. The van der Waals surface area contributed by atoms with Gasteiger partial charge in [0, 0.05) is 24.6 Å². The quantitative estimate of drug-likeness (QED) is 0.655. The highest BCUT2D eigenvalue weighted by molar-refractivity contribution is 6.09. The van der Waals surface area contributed by atoms with E-state index in [0.717, 1.165) is 18.5 Å². The average molecular weight is 282 g/mol. The maximum Gasteiger partial charge on any atom is 0.262 e. The molecule has 0 unspecified atom stereocenters. The minimum atomic E-state index is -0.0687. The number of nitrogens with one attached hydrogen (secondary N) is 1. The fourth-order valence-corrected chi connectivity index (χ4v) is 2.77. The van der Waals surface area contributed by atoms with Gasteiger partial charge in [0.2, 0.25) is 0 Å².